The van der Waals surface area contributed by atoms with E-state index in [4.69, 9.17) is 5.73 Å². The Bertz CT molecular complexity index is 1270. The second kappa shape index (κ2) is 8.88. The van der Waals surface area contributed by atoms with Crippen molar-refractivity contribution >= 4 is 34.9 Å². The molecule has 1 amide bonds. The van der Waals surface area contributed by atoms with E-state index in [0.717, 1.165) is 15.0 Å². The van der Waals surface area contributed by atoms with Crippen LogP contribution in [0.5, 0.6) is 0 Å². The Balaban J connectivity index is 2.10. The van der Waals surface area contributed by atoms with Gasteiger partial charge in [0.25, 0.3) is 17.2 Å². The zero-order valence-electron chi connectivity index (χ0n) is 16.7. The second-order valence-corrected chi connectivity index (χ2v) is 7.45. The zero-order chi connectivity index (χ0) is 22.7. The zero-order valence-corrected chi connectivity index (χ0v) is 17.5. The molecule has 0 fully saturated rings. The molecular weight excluding hydrogens is 422 g/mol. The number of carbonyl (C=O) groups excluding carboxylic acids is 1. The minimum Gasteiger partial charge on any atom is -0.383 e. The Labute approximate surface area is 180 Å². The van der Waals surface area contributed by atoms with E-state index in [0.29, 0.717) is 4.90 Å². The standard InChI is InChI=1S/C20H19N5O5S/c1-23(19(27)14-10-13(31-2)8-9-15(14)25(29)30)16-17(21)24(20(28)22-18(16)26)11-12-6-4-3-5-7-12/h3-10H,11,21H2,1-2H3,(H,22,26,28). The van der Waals surface area contributed by atoms with Crippen LogP contribution in [-0.4, -0.2) is 33.7 Å². The maximum Gasteiger partial charge on any atom is 0.330 e. The third-order valence-electron chi connectivity index (χ3n) is 4.67. The first-order valence-corrected chi connectivity index (χ1v) is 10.2. The highest BCUT2D eigenvalue weighted by Crippen LogP contribution is 2.27. The van der Waals surface area contributed by atoms with Crippen LogP contribution in [0.3, 0.4) is 0 Å². The maximum atomic E-state index is 13.1. The summed E-state index contributed by atoms with van der Waals surface area (Å²) in [4.78, 5) is 52.4. The van der Waals surface area contributed by atoms with Gasteiger partial charge in [-0.1, -0.05) is 30.3 Å². The predicted octanol–water partition coefficient (Wildman–Crippen LogP) is 2.07. The number of hydrogen-bond acceptors (Lipinski definition) is 7. The van der Waals surface area contributed by atoms with Crippen LogP contribution in [0.1, 0.15) is 15.9 Å². The fourth-order valence-corrected chi connectivity index (χ4v) is 3.52. The van der Waals surface area contributed by atoms with Crippen LogP contribution in [0.15, 0.2) is 63.0 Å². The van der Waals surface area contributed by atoms with Gasteiger partial charge >= 0.3 is 5.69 Å². The SMILES string of the molecule is CSc1ccc([N+](=O)[O-])c(C(=O)N(C)c2c(N)n(Cc3ccccc3)c(=O)[nH]c2=O)c1. The molecule has 10 nitrogen and oxygen atoms in total. The van der Waals surface area contributed by atoms with Crippen molar-refractivity contribution in [2.24, 2.45) is 0 Å². The van der Waals surface area contributed by atoms with Gasteiger partial charge in [-0.05, 0) is 24.0 Å². The lowest BCUT2D eigenvalue weighted by Gasteiger charge is -2.20. The molecule has 0 radical (unpaired) electrons. The number of aromatic nitrogens is 2. The topological polar surface area (TPSA) is 144 Å². The van der Waals surface area contributed by atoms with Crippen LogP contribution in [0.2, 0.25) is 0 Å². The lowest BCUT2D eigenvalue weighted by Crippen LogP contribution is -2.39. The lowest BCUT2D eigenvalue weighted by molar-refractivity contribution is -0.385. The van der Waals surface area contributed by atoms with Gasteiger partial charge in [0.1, 0.15) is 11.4 Å². The molecule has 0 atom stereocenters. The monoisotopic (exact) mass is 441 g/mol. The summed E-state index contributed by atoms with van der Waals surface area (Å²) in [6.45, 7) is 0.0689. The quantitative estimate of drug-likeness (QED) is 0.338. The van der Waals surface area contributed by atoms with Crippen molar-refractivity contribution in [2.75, 3.05) is 23.9 Å². The summed E-state index contributed by atoms with van der Waals surface area (Å²) < 4.78 is 1.13. The minimum absolute atomic E-state index is 0.0689. The molecule has 1 heterocycles. The molecule has 31 heavy (non-hydrogen) atoms. The van der Waals surface area contributed by atoms with E-state index >= 15 is 0 Å². The number of rotatable bonds is 6. The number of carbonyl (C=O) groups is 1. The molecule has 3 aromatic rings. The van der Waals surface area contributed by atoms with E-state index in [2.05, 4.69) is 4.98 Å². The molecule has 2 aromatic carbocycles. The van der Waals surface area contributed by atoms with Gasteiger partial charge in [0.2, 0.25) is 0 Å². The van der Waals surface area contributed by atoms with Gasteiger partial charge in [-0.3, -0.25) is 29.3 Å². The number of thioether (sulfide) groups is 1. The van der Waals surface area contributed by atoms with Crippen molar-refractivity contribution in [3.05, 3.63) is 90.6 Å². The summed E-state index contributed by atoms with van der Waals surface area (Å²) in [7, 11) is 1.27. The maximum absolute atomic E-state index is 13.1. The summed E-state index contributed by atoms with van der Waals surface area (Å²) in [5.41, 5.74) is 4.40. The molecule has 0 saturated heterocycles. The number of anilines is 2. The number of nitrogens with zero attached hydrogens (tertiary/aromatic N) is 3. The fourth-order valence-electron chi connectivity index (χ4n) is 3.08. The number of nitrogens with two attached hydrogens (primary N) is 1. The summed E-state index contributed by atoms with van der Waals surface area (Å²) in [5, 5.41) is 11.4. The number of aromatic amines is 1. The van der Waals surface area contributed by atoms with E-state index in [1.807, 2.05) is 6.07 Å². The predicted molar refractivity (Wildman–Crippen MR) is 119 cm³/mol. The summed E-state index contributed by atoms with van der Waals surface area (Å²) in [6.07, 6.45) is 1.77. The molecule has 0 unspecified atom stereocenters. The van der Waals surface area contributed by atoms with Crippen LogP contribution in [0.4, 0.5) is 17.2 Å². The first kappa shape index (κ1) is 21.8. The molecule has 1 aromatic heterocycles. The van der Waals surface area contributed by atoms with E-state index in [-0.39, 0.29) is 23.6 Å². The van der Waals surface area contributed by atoms with Crippen molar-refractivity contribution in [2.45, 2.75) is 11.4 Å². The fraction of sp³-hybridized carbons (Fsp3) is 0.150. The molecule has 0 aliphatic heterocycles. The van der Waals surface area contributed by atoms with Gasteiger partial charge in [-0.25, -0.2) is 4.79 Å². The summed E-state index contributed by atoms with van der Waals surface area (Å²) in [6, 6.07) is 13.1. The molecule has 0 spiro atoms. The van der Waals surface area contributed by atoms with Crippen LogP contribution < -0.4 is 21.9 Å². The van der Waals surface area contributed by atoms with Crippen molar-refractivity contribution in [1.82, 2.24) is 9.55 Å². The van der Waals surface area contributed by atoms with E-state index in [1.54, 1.807) is 30.5 Å². The smallest absolute Gasteiger partial charge is 0.330 e. The number of benzene rings is 2. The first-order chi connectivity index (χ1) is 14.7. The van der Waals surface area contributed by atoms with Crippen LogP contribution in [0.25, 0.3) is 0 Å². The molecule has 3 rings (SSSR count). The highest BCUT2D eigenvalue weighted by molar-refractivity contribution is 7.98. The molecule has 3 N–H and O–H groups in total. The molecular formula is C20H19N5O5S. The Kier molecular flexibility index (Phi) is 6.25. The molecule has 0 aliphatic carbocycles. The van der Waals surface area contributed by atoms with Gasteiger partial charge in [-0.15, -0.1) is 11.8 Å². The van der Waals surface area contributed by atoms with Crippen LogP contribution in [-0.2, 0) is 6.54 Å². The van der Waals surface area contributed by atoms with Gasteiger partial charge < -0.3 is 10.6 Å². The molecule has 0 aliphatic rings. The highest BCUT2D eigenvalue weighted by Gasteiger charge is 2.27. The second-order valence-electron chi connectivity index (χ2n) is 6.57. The average molecular weight is 441 g/mol. The number of hydrogen-bond donors (Lipinski definition) is 2. The lowest BCUT2D eigenvalue weighted by atomic mass is 10.1. The van der Waals surface area contributed by atoms with Gasteiger partial charge in [0, 0.05) is 18.0 Å². The Morgan fingerprint density at radius 2 is 1.90 bits per heavy atom. The molecule has 11 heteroatoms. The molecule has 160 valence electrons. The number of H-pyrrole nitrogens is 1. The molecule has 0 bridgehead atoms. The summed E-state index contributed by atoms with van der Waals surface area (Å²) >= 11 is 1.31. The van der Waals surface area contributed by atoms with Crippen molar-refractivity contribution < 1.29 is 9.72 Å². The van der Waals surface area contributed by atoms with E-state index in [9.17, 15) is 24.5 Å². The average Bonchev–Trinajstić information content (AvgIpc) is 2.76. The Hall–Kier alpha value is -3.86. The van der Waals surface area contributed by atoms with Gasteiger partial charge in [0.05, 0.1) is 11.5 Å². The number of nitro groups is 1. The van der Waals surface area contributed by atoms with E-state index in [1.165, 1.54) is 37.0 Å². The number of nitrogen functional groups attached to an aromatic ring is 1. The summed E-state index contributed by atoms with van der Waals surface area (Å²) in [5.74, 6) is -1.03. The van der Waals surface area contributed by atoms with Crippen molar-refractivity contribution in [3.63, 3.8) is 0 Å². The Morgan fingerprint density at radius 1 is 1.23 bits per heavy atom. The number of amides is 1. The minimum atomic E-state index is -0.869. The van der Waals surface area contributed by atoms with E-state index < -0.39 is 27.8 Å². The first-order valence-electron chi connectivity index (χ1n) is 9.01. The third-order valence-corrected chi connectivity index (χ3v) is 5.39. The number of nitrogens with one attached hydrogen (secondary N) is 1. The van der Waals surface area contributed by atoms with Crippen molar-refractivity contribution in [3.8, 4) is 0 Å². The van der Waals surface area contributed by atoms with Crippen molar-refractivity contribution in [1.29, 1.82) is 0 Å². The largest absolute Gasteiger partial charge is 0.383 e. The molecule has 0 saturated carbocycles. The van der Waals surface area contributed by atoms with Gasteiger partial charge in [-0.2, -0.15) is 0 Å². The highest BCUT2D eigenvalue weighted by atomic mass is 32.2. The normalized spacial score (nSPS) is 10.6. The van der Waals surface area contributed by atoms with Crippen LogP contribution >= 0.6 is 11.8 Å². The third kappa shape index (κ3) is 4.36. The van der Waals surface area contributed by atoms with Gasteiger partial charge in [0.15, 0.2) is 5.69 Å². The number of nitro benzene ring substituents is 1. The Morgan fingerprint density at radius 3 is 2.52 bits per heavy atom. The van der Waals surface area contributed by atoms with Crippen LogP contribution in [0, 0.1) is 10.1 Å².